The first-order valence-corrected chi connectivity index (χ1v) is 4.44. The predicted octanol–water partition coefficient (Wildman–Crippen LogP) is 1.53. The highest BCUT2D eigenvalue weighted by Crippen LogP contribution is 2.11. The molecule has 72 valence electrons. The highest BCUT2D eigenvalue weighted by Gasteiger charge is 2.43. The van der Waals surface area contributed by atoms with Crippen LogP contribution in [0.3, 0.4) is 0 Å². The average molecular weight is 192 g/mol. The van der Waals surface area contributed by atoms with Gasteiger partial charge in [0.1, 0.15) is 4.76 Å². The van der Waals surface area contributed by atoms with Crippen LogP contribution in [0.25, 0.3) is 0 Å². The highest BCUT2D eigenvalue weighted by molar-refractivity contribution is 5.59. The van der Waals surface area contributed by atoms with E-state index >= 15 is 0 Å². The molecule has 1 saturated heterocycles. The molecule has 14 heavy (non-hydrogen) atoms. The normalized spacial score (nSPS) is 21.0. The number of amides is 1. The second-order valence-corrected chi connectivity index (χ2v) is 3.25. The van der Waals surface area contributed by atoms with Crippen molar-refractivity contribution in [3.63, 3.8) is 0 Å². The standard InChI is InChI=1S/C10H10NO3/c12-10-11(13)9(7-14-10)6-8-4-2-1-3-5-8/h1-5,9H,6-7H2/q+1. The third-order valence-electron chi connectivity index (χ3n) is 2.22. The number of ether oxygens (including phenoxy) is 1. The number of cyclic esters (lactones) is 1. The number of hydrogen-bond acceptors (Lipinski definition) is 3. The maximum absolute atomic E-state index is 11.2. The molecule has 4 heteroatoms. The Bertz CT molecular complexity index is 361. The topological polar surface area (TPSA) is 46.4 Å². The van der Waals surface area contributed by atoms with Crippen molar-refractivity contribution in [2.75, 3.05) is 6.61 Å². The van der Waals surface area contributed by atoms with Gasteiger partial charge in [0.15, 0.2) is 6.61 Å². The predicted molar refractivity (Wildman–Crippen MR) is 48.9 cm³/mol. The summed E-state index contributed by atoms with van der Waals surface area (Å²) in [5, 5.41) is 0. The average Bonchev–Trinajstić information content (AvgIpc) is 2.52. The molecule has 1 heterocycles. The number of carbonyl (C=O) groups is 1. The summed E-state index contributed by atoms with van der Waals surface area (Å²) in [6, 6.07) is 9.21. The maximum Gasteiger partial charge on any atom is 0.645 e. The molecule has 0 saturated carbocycles. The lowest BCUT2D eigenvalue weighted by molar-refractivity contribution is -0.475. The van der Waals surface area contributed by atoms with E-state index in [1.54, 1.807) is 0 Å². The van der Waals surface area contributed by atoms with E-state index in [1.165, 1.54) is 0 Å². The minimum atomic E-state index is -0.772. The summed E-state index contributed by atoms with van der Waals surface area (Å²) in [7, 11) is 0. The van der Waals surface area contributed by atoms with Crippen LogP contribution in [0.15, 0.2) is 30.3 Å². The van der Waals surface area contributed by atoms with Gasteiger partial charge in [-0.05, 0) is 5.56 Å². The van der Waals surface area contributed by atoms with Crippen LogP contribution in [0.1, 0.15) is 5.56 Å². The monoisotopic (exact) mass is 192 g/mol. The summed E-state index contributed by atoms with van der Waals surface area (Å²) in [6.45, 7) is 0.192. The first kappa shape index (κ1) is 8.87. The van der Waals surface area contributed by atoms with Gasteiger partial charge < -0.3 is 4.74 Å². The molecule has 2 rings (SSSR count). The van der Waals surface area contributed by atoms with Gasteiger partial charge >= 0.3 is 6.09 Å². The Kier molecular flexibility index (Phi) is 2.26. The molecular formula is C10H10NO3+. The molecule has 0 aromatic heterocycles. The minimum Gasteiger partial charge on any atom is -0.401 e. The maximum atomic E-state index is 11.2. The quantitative estimate of drug-likeness (QED) is 0.667. The largest absolute Gasteiger partial charge is 0.645 e. The molecule has 1 aliphatic heterocycles. The summed E-state index contributed by atoms with van der Waals surface area (Å²) >= 11 is 0. The summed E-state index contributed by atoms with van der Waals surface area (Å²) < 4.78 is 5.03. The number of nitroso groups, excluding NO2 is 1. The molecule has 1 aromatic carbocycles. The summed E-state index contributed by atoms with van der Waals surface area (Å²) in [4.78, 5) is 21.9. The van der Waals surface area contributed by atoms with Crippen LogP contribution in [-0.4, -0.2) is 23.5 Å². The SMILES string of the molecule is O=C1OCC(Cc2ccccc2)[N+]1=O. The number of nitrogens with zero attached hydrogens (tertiary/aromatic N) is 1. The first-order chi connectivity index (χ1) is 6.77. The molecule has 0 bridgehead atoms. The van der Waals surface area contributed by atoms with Gasteiger partial charge in [-0.2, -0.15) is 4.79 Å². The van der Waals surface area contributed by atoms with Gasteiger partial charge in [-0.3, -0.25) is 0 Å². The van der Waals surface area contributed by atoms with E-state index in [1.807, 2.05) is 30.3 Å². The number of hydrogen-bond donors (Lipinski definition) is 0. The van der Waals surface area contributed by atoms with Crippen LogP contribution in [0.2, 0.25) is 0 Å². The molecule has 0 radical (unpaired) electrons. The van der Waals surface area contributed by atoms with Gasteiger partial charge in [-0.1, -0.05) is 30.3 Å². The lowest BCUT2D eigenvalue weighted by Gasteiger charge is -1.98. The Morgan fingerprint density at radius 3 is 2.64 bits per heavy atom. The van der Waals surface area contributed by atoms with Crippen molar-refractivity contribution in [3.8, 4) is 0 Å². The van der Waals surface area contributed by atoms with E-state index in [4.69, 9.17) is 0 Å². The molecule has 1 unspecified atom stereocenters. The summed E-state index contributed by atoms with van der Waals surface area (Å²) in [5.74, 6) is 0. The van der Waals surface area contributed by atoms with Gasteiger partial charge in [-0.15, -0.1) is 0 Å². The molecule has 4 nitrogen and oxygen atoms in total. The molecule has 1 amide bonds. The molecule has 0 N–H and O–H groups in total. The van der Waals surface area contributed by atoms with Crippen LogP contribution in [-0.2, 0) is 11.2 Å². The minimum absolute atomic E-state index is 0.192. The lowest BCUT2D eigenvalue weighted by atomic mass is 10.1. The molecule has 1 aliphatic rings. The van der Waals surface area contributed by atoms with Crippen molar-refractivity contribution in [1.29, 1.82) is 0 Å². The fraction of sp³-hybridized carbons (Fsp3) is 0.300. The van der Waals surface area contributed by atoms with Crippen molar-refractivity contribution in [2.45, 2.75) is 12.5 Å². The smallest absolute Gasteiger partial charge is 0.401 e. The van der Waals surface area contributed by atoms with E-state index in [2.05, 4.69) is 4.74 Å². The summed E-state index contributed by atoms with van der Waals surface area (Å²) in [6.07, 6.45) is -0.221. The second kappa shape index (κ2) is 3.57. The van der Waals surface area contributed by atoms with Gasteiger partial charge in [0.2, 0.25) is 0 Å². The summed E-state index contributed by atoms with van der Waals surface area (Å²) in [5.41, 5.74) is 1.04. The molecule has 1 aromatic rings. The second-order valence-electron chi connectivity index (χ2n) is 3.25. The third-order valence-corrected chi connectivity index (χ3v) is 2.22. The van der Waals surface area contributed by atoms with Crippen molar-refractivity contribution < 1.29 is 14.3 Å². The number of carbonyl (C=O) groups excluding carboxylic acids is 1. The van der Waals surface area contributed by atoms with Crippen LogP contribution >= 0.6 is 0 Å². The first-order valence-electron chi connectivity index (χ1n) is 4.44. The van der Waals surface area contributed by atoms with E-state index in [0.29, 0.717) is 11.2 Å². The van der Waals surface area contributed by atoms with Crippen LogP contribution in [0, 0.1) is 4.91 Å². The van der Waals surface area contributed by atoms with Crippen molar-refractivity contribution in [2.24, 2.45) is 0 Å². The van der Waals surface area contributed by atoms with Crippen LogP contribution < -0.4 is 0 Å². The lowest BCUT2D eigenvalue weighted by Crippen LogP contribution is -2.23. The Balaban J connectivity index is 2.06. The molecule has 1 fully saturated rings. The Hall–Kier alpha value is -1.71. The Morgan fingerprint density at radius 2 is 2.07 bits per heavy atom. The van der Waals surface area contributed by atoms with Gasteiger partial charge in [0.05, 0.1) is 0 Å². The van der Waals surface area contributed by atoms with Crippen molar-refractivity contribution in [3.05, 3.63) is 40.8 Å². The Labute approximate surface area is 81.1 Å². The van der Waals surface area contributed by atoms with Crippen molar-refractivity contribution >= 4 is 6.09 Å². The molecule has 0 spiro atoms. The molecule has 0 aliphatic carbocycles. The fourth-order valence-electron chi connectivity index (χ4n) is 1.48. The van der Waals surface area contributed by atoms with Gasteiger partial charge in [0.25, 0.3) is 6.04 Å². The zero-order chi connectivity index (χ0) is 9.97. The zero-order valence-electron chi connectivity index (χ0n) is 7.55. The van der Waals surface area contributed by atoms with E-state index in [0.717, 1.165) is 5.56 Å². The molecular weight excluding hydrogens is 182 g/mol. The zero-order valence-corrected chi connectivity index (χ0v) is 7.55. The highest BCUT2D eigenvalue weighted by atomic mass is 16.6. The van der Waals surface area contributed by atoms with Gasteiger partial charge in [0, 0.05) is 11.3 Å². The van der Waals surface area contributed by atoms with E-state index < -0.39 is 6.09 Å². The van der Waals surface area contributed by atoms with E-state index in [9.17, 15) is 9.70 Å². The van der Waals surface area contributed by atoms with Crippen LogP contribution in [0.4, 0.5) is 4.79 Å². The van der Waals surface area contributed by atoms with Crippen molar-refractivity contribution in [1.82, 2.24) is 0 Å². The third kappa shape index (κ3) is 1.64. The van der Waals surface area contributed by atoms with Crippen LogP contribution in [0.5, 0.6) is 0 Å². The fourth-order valence-corrected chi connectivity index (χ4v) is 1.48. The van der Waals surface area contributed by atoms with E-state index in [-0.39, 0.29) is 12.6 Å². The number of rotatable bonds is 2. The Morgan fingerprint density at radius 1 is 1.36 bits per heavy atom. The molecule has 1 atom stereocenters. The van der Waals surface area contributed by atoms with Gasteiger partial charge in [-0.25, -0.2) is 0 Å². The number of benzene rings is 1.